The van der Waals surface area contributed by atoms with E-state index < -0.39 is 10.0 Å². The summed E-state index contributed by atoms with van der Waals surface area (Å²) in [5.74, 6) is 0.781. The van der Waals surface area contributed by atoms with Gasteiger partial charge in [0.25, 0.3) is 0 Å². The Labute approximate surface area is 111 Å². The predicted molar refractivity (Wildman–Crippen MR) is 75.2 cm³/mol. The summed E-state index contributed by atoms with van der Waals surface area (Å²) >= 11 is 0. The summed E-state index contributed by atoms with van der Waals surface area (Å²) in [6.07, 6.45) is 4.65. The van der Waals surface area contributed by atoms with Crippen molar-refractivity contribution in [2.24, 2.45) is 5.92 Å². The molecule has 0 amide bonds. The molecule has 18 heavy (non-hydrogen) atoms. The Hall–Kier alpha value is -0.170. The van der Waals surface area contributed by atoms with E-state index in [0.717, 1.165) is 38.5 Å². The normalized spacial score (nSPS) is 18.4. The van der Waals surface area contributed by atoms with Gasteiger partial charge in [-0.05, 0) is 51.4 Å². The maximum Gasteiger partial charge on any atom is 0.211 e. The smallest absolute Gasteiger partial charge is 0.211 e. The van der Waals surface area contributed by atoms with E-state index in [1.165, 1.54) is 23.4 Å². The van der Waals surface area contributed by atoms with Gasteiger partial charge in [-0.3, -0.25) is 0 Å². The number of hydrogen-bond donors (Lipinski definition) is 2. The molecule has 108 valence electrons. The van der Waals surface area contributed by atoms with E-state index in [-0.39, 0.29) is 0 Å². The monoisotopic (exact) mass is 277 g/mol. The molecule has 0 radical (unpaired) electrons. The molecule has 0 unspecified atom stereocenters. The SMILES string of the molecule is CCN(CCCNCC1CCNCC1)S(C)(=O)=O. The van der Waals surface area contributed by atoms with E-state index in [2.05, 4.69) is 10.6 Å². The van der Waals surface area contributed by atoms with Crippen molar-refractivity contribution in [3.63, 3.8) is 0 Å². The van der Waals surface area contributed by atoms with Crippen molar-refractivity contribution >= 4 is 10.0 Å². The van der Waals surface area contributed by atoms with Crippen LogP contribution in [0.1, 0.15) is 26.2 Å². The summed E-state index contributed by atoms with van der Waals surface area (Å²) in [7, 11) is -3.03. The molecule has 5 nitrogen and oxygen atoms in total. The lowest BCUT2D eigenvalue weighted by Gasteiger charge is -2.23. The van der Waals surface area contributed by atoms with Gasteiger partial charge in [-0.15, -0.1) is 0 Å². The fraction of sp³-hybridized carbons (Fsp3) is 1.00. The second-order valence-corrected chi connectivity index (χ2v) is 6.99. The first-order valence-electron chi connectivity index (χ1n) is 6.90. The highest BCUT2D eigenvalue weighted by molar-refractivity contribution is 7.88. The molecule has 0 bridgehead atoms. The van der Waals surface area contributed by atoms with Crippen LogP contribution >= 0.6 is 0 Å². The first-order chi connectivity index (χ1) is 8.54. The predicted octanol–water partition coefficient (Wildman–Crippen LogP) is 0.247. The summed E-state index contributed by atoms with van der Waals surface area (Å²) in [6, 6.07) is 0. The van der Waals surface area contributed by atoms with Gasteiger partial charge >= 0.3 is 0 Å². The van der Waals surface area contributed by atoms with Gasteiger partial charge < -0.3 is 10.6 Å². The van der Waals surface area contributed by atoms with E-state index >= 15 is 0 Å². The second kappa shape index (κ2) is 8.09. The van der Waals surface area contributed by atoms with Crippen LogP contribution in [0.4, 0.5) is 0 Å². The fourth-order valence-electron chi connectivity index (χ4n) is 2.33. The van der Waals surface area contributed by atoms with E-state index in [1.54, 1.807) is 0 Å². The van der Waals surface area contributed by atoms with Gasteiger partial charge in [0.15, 0.2) is 0 Å². The van der Waals surface area contributed by atoms with Crippen molar-refractivity contribution < 1.29 is 8.42 Å². The highest BCUT2D eigenvalue weighted by Crippen LogP contribution is 2.09. The third-order valence-electron chi connectivity index (χ3n) is 3.47. The highest BCUT2D eigenvalue weighted by atomic mass is 32.2. The van der Waals surface area contributed by atoms with Crippen LogP contribution in [0.5, 0.6) is 0 Å². The second-order valence-electron chi connectivity index (χ2n) is 5.01. The van der Waals surface area contributed by atoms with Crippen LogP contribution < -0.4 is 10.6 Å². The van der Waals surface area contributed by atoms with Crippen LogP contribution in [0.3, 0.4) is 0 Å². The molecule has 0 aromatic carbocycles. The molecule has 0 saturated carbocycles. The average molecular weight is 277 g/mol. The molecule has 1 saturated heterocycles. The maximum absolute atomic E-state index is 11.4. The van der Waals surface area contributed by atoms with Crippen LogP contribution in [-0.4, -0.2) is 58.2 Å². The Balaban J connectivity index is 2.07. The minimum absolute atomic E-state index is 0.563. The van der Waals surface area contributed by atoms with Gasteiger partial charge in [0.05, 0.1) is 6.26 Å². The van der Waals surface area contributed by atoms with Gasteiger partial charge in [0, 0.05) is 13.1 Å². The zero-order chi connectivity index (χ0) is 13.4. The van der Waals surface area contributed by atoms with Crippen LogP contribution in [0.25, 0.3) is 0 Å². The number of nitrogens with zero attached hydrogens (tertiary/aromatic N) is 1. The summed E-state index contributed by atoms with van der Waals surface area (Å²) in [6.45, 7) is 7.28. The summed E-state index contributed by atoms with van der Waals surface area (Å²) < 4.78 is 24.3. The maximum atomic E-state index is 11.4. The third kappa shape index (κ3) is 6.13. The van der Waals surface area contributed by atoms with Crippen LogP contribution in [0, 0.1) is 5.92 Å². The molecule has 0 spiro atoms. The number of rotatable bonds is 8. The van der Waals surface area contributed by atoms with Crippen molar-refractivity contribution in [1.82, 2.24) is 14.9 Å². The van der Waals surface area contributed by atoms with Gasteiger partial charge in [-0.25, -0.2) is 12.7 Å². The van der Waals surface area contributed by atoms with E-state index in [1.807, 2.05) is 6.92 Å². The van der Waals surface area contributed by atoms with Crippen molar-refractivity contribution in [2.45, 2.75) is 26.2 Å². The Kier molecular flexibility index (Phi) is 7.14. The lowest BCUT2D eigenvalue weighted by molar-refractivity contribution is 0.351. The molecule has 0 atom stereocenters. The molecule has 1 aliphatic heterocycles. The van der Waals surface area contributed by atoms with E-state index in [9.17, 15) is 8.42 Å². The van der Waals surface area contributed by atoms with E-state index in [4.69, 9.17) is 0 Å². The Morgan fingerprint density at radius 2 is 2.00 bits per heavy atom. The zero-order valence-corrected chi connectivity index (χ0v) is 12.4. The molecular weight excluding hydrogens is 250 g/mol. The topological polar surface area (TPSA) is 61.4 Å². The molecular formula is C12H27N3O2S. The molecule has 2 N–H and O–H groups in total. The first-order valence-corrected chi connectivity index (χ1v) is 8.75. The van der Waals surface area contributed by atoms with Crippen molar-refractivity contribution in [2.75, 3.05) is 45.5 Å². The zero-order valence-electron chi connectivity index (χ0n) is 11.6. The minimum Gasteiger partial charge on any atom is -0.317 e. The molecule has 1 fully saturated rings. The summed E-state index contributed by atoms with van der Waals surface area (Å²) in [5.41, 5.74) is 0. The molecule has 1 rings (SSSR count). The van der Waals surface area contributed by atoms with Gasteiger partial charge in [-0.2, -0.15) is 0 Å². The van der Waals surface area contributed by atoms with Crippen LogP contribution in [0.2, 0.25) is 0 Å². The van der Waals surface area contributed by atoms with Gasteiger partial charge in [0.1, 0.15) is 0 Å². The van der Waals surface area contributed by atoms with Crippen LogP contribution in [0.15, 0.2) is 0 Å². The minimum atomic E-state index is -3.03. The van der Waals surface area contributed by atoms with Crippen LogP contribution in [-0.2, 0) is 10.0 Å². The molecule has 6 heteroatoms. The van der Waals surface area contributed by atoms with Crippen molar-refractivity contribution in [1.29, 1.82) is 0 Å². The van der Waals surface area contributed by atoms with Crippen molar-refractivity contribution in [3.8, 4) is 0 Å². The van der Waals surface area contributed by atoms with Gasteiger partial charge in [-0.1, -0.05) is 6.92 Å². The summed E-state index contributed by atoms with van der Waals surface area (Å²) in [5, 5.41) is 6.79. The molecule has 1 aliphatic rings. The Morgan fingerprint density at radius 1 is 1.33 bits per heavy atom. The molecule has 0 aromatic heterocycles. The molecule has 1 heterocycles. The average Bonchev–Trinajstić information content (AvgIpc) is 2.33. The third-order valence-corrected chi connectivity index (χ3v) is 4.85. The Morgan fingerprint density at radius 3 is 2.56 bits per heavy atom. The quantitative estimate of drug-likeness (QED) is 0.624. The largest absolute Gasteiger partial charge is 0.317 e. The van der Waals surface area contributed by atoms with E-state index in [0.29, 0.717) is 13.1 Å². The standard InChI is InChI=1S/C12H27N3O2S/c1-3-15(18(2,16)17)10-4-7-14-11-12-5-8-13-9-6-12/h12-14H,3-11H2,1-2H3. The first kappa shape index (κ1) is 15.9. The number of piperidine rings is 1. The highest BCUT2D eigenvalue weighted by Gasteiger charge is 2.14. The Bertz CT molecular complexity index is 313. The number of sulfonamides is 1. The van der Waals surface area contributed by atoms with Crippen molar-refractivity contribution in [3.05, 3.63) is 0 Å². The molecule has 0 aromatic rings. The fourth-order valence-corrected chi connectivity index (χ4v) is 3.26. The number of nitrogens with one attached hydrogen (secondary N) is 2. The lowest BCUT2D eigenvalue weighted by Crippen LogP contribution is -2.35. The molecule has 0 aliphatic carbocycles. The number of hydrogen-bond acceptors (Lipinski definition) is 4. The summed E-state index contributed by atoms with van der Waals surface area (Å²) in [4.78, 5) is 0. The van der Waals surface area contributed by atoms with Gasteiger partial charge in [0.2, 0.25) is 10.0 Å². The lowest BCUT2D eigenvalue weighted by atomic mass is 9.98.